The summed E-state index contributed by atoms with van der Waals surface area (Å²) in [5.74, 6) is -0.538. The molecule has 1 aliphatic rings. The van der Waals surface area contributed by atoms with Crippen LogP contribution in [0.25, 0.3) is 0 Å². The number of carbonyl (C=O) groups is 1. The third kappa shape index (κ3) is 4.54. The zero-order valence-electron chi connectivity index (χ0n) is 17.1. The van der Waals surface area contributed by atoms with Gasteiger partial charge in [0.05, 0.1) is 5.41 Å². The van der Waals surface area contributed by atoms with Crippen molar-refractivity contribution in [3.63, 3.8) is 0 Å². The summed E-state index contributed by atoms with van der Waals surface area (Å²) in [4.78, 5) is 25.9. The lowest BCUT2D eigenvalue weighted by Gasteiger charge is -2.47. The van der Waals surface area contributed by atoms with E-state index in [9.17, 15) is 14.8 Å². The molecular weight excluding hydrogens is 360 g/mol. The molecule has 0 spiro atoms. The van der Waals surface area contributed by atoms with Crippen LogP contribution in [0.5, 0.6) is 0 Å². The van der Waals surface area contributed by atoms with Crippen molar-refractivity contribution in [2.45, 2.75) is 57.1 Å². The first-order chi connectivity index (χ1) is 12.7. The maximum atomic E-state index is 12.5. The summed E-state index contributed by atoms with van der Waals surface area (Å²) in [5, 5.41) is 10.2. The third-order valence-corrected chi connectivity index (χ3v) is 7.55. The smallest absolute Gasteiger partial charge is 0.314 e. The van der Waals surface area contributed by atoms with Gasteiger partial charge in [0.25, 0.3) is 0 Å². The molecule has 0 radical (unpaired) electrons. The van der Waals surface area contributed by atoms with Gasteiger partial charge in [0, 0.05) is 21.3 Å². The van der Waals surface area contributed by atoms with E-state index in [1.54, 1.807) is 6.92 Å². The standard InChI is InChI=1S/C21H32N2O3S/c1-15(2)14-17-6-8-18(9-7-17)20(4,19(24)25)16(3)21(27-22-26)10-12-23(5)13-11-21/h6-9,15-16H,10-14H2,1-5H3,(H,24,25). The molecule has 2 atom stereocenters. The van der Waals surface area contributed by atoms with E-state index >= 15 is 0 Å². The van der Waals surface area contributed by atoms with Gasteiger partial charge < -0.3 is 10.0 Å². The van der Waals surface area contributed by atoms with Crippen molar-refractivity contribution >= 4 is 17.9 Å². The van der Waals surface area contributed by atoms with Crippen molar-refractivity contribution in [3.8, 4) is 0 Å². The summed E-state index contributed by atoms with van der Waals surface area (Å²) in [6, 6.07) is 7.97. The minimum atomic E-state index is -1.08. The summed E-state index contributed by atoms with van der Waals surface area (Å²) in [5.41, 5.74) is 0.927. The lowest BCUT2D eigenvalue weighted by molar-refractivity contribution is -0.146. The Bertz CT molecular complexity index is 654. The predicted molar refractivity (Wildman–Crippen MR) is 112 cm³/mol. The van der Waals surface area contributed by atoms with E-state index < -0.39 is 16.1 Å². The molecule has 1 N–H and O–H groups in total. The maximum Gasteiger partial charge on any atom is 0.314 e. The Hall–Kier alpha value is -1.40. The van der Waals surface area contributed by atoms with Gasteiger partial charge in [0.1, 0.15) is 0 Å². The number of benzene rings is 1. The van der Waals surface area contributed by atoms with Gasteiger partial charge in [0.2, 0.25) is 0 Å². The van der Waals surface area contributed by atoms with E-state index in [1.807, 2.05) is 31.2 Å². The molecule has 1 aromatic rings. The molecular formula is C21H32N2O3S. The molecule has 0 saturated carbocycles. The highest BCUT2D eigenvalue weighted by molar-refractivity contribution is 7.99. The highest BCUT2D eigenvalue weighted by Crippen LogP contribution is 2.50. The SMILES string of the molecule is CC(C)Cc1ccc(C(C)(C(=O)O)C(C)C2(SN=O)CCN(C)CC2)cc1. The molecule has 0 aliphatic carbocycles. The average molecular weight is 393 g/mol. The number of aliphatic carboxylic acids is 1. The molecule has 2 unspecified atom stereocenters. The highest BCUT2D eigenvalue weighted by atomic mass is 32.2. The van der Waals surface area contributed by atoms with Crippen LogP contribution in [0.4, 0.5) is 0 Å². The summed E-state index contributed by atoms with van der Waals surface area (Å²) in [6.45, 7) is 9.80. The van der Waals surface area contributed by atoms with E-state index in [1.165, 1.54) is 5.56 Å². The molecule has 1 fully saturated rings. The Kier molecular flexibility index (Phi) is 7.09. The summed E-state index contributed by atoms with van der Waals surface area (Å²) in [6.07, 6.45) is 2.49. The van der Waals surface area contributed by atoms with Gasteiger partial charge in [-0.15, -0.1) is 4.91 Å². The largest absolute Gasteiger partial charge is 0.481 e. The van der Waals surface area contributed by atoms with Gasteiger partial charge in [-0.3, -0.25) is 4.79 Å². The van der Waals surface area contributed by atoms with Crippen LogP contribution >= 0.6 is 11.9 Å². The van der Waals surface area contributed by atoms with Crippen LogP contribution in [0.3, 0.4) is 0 Å². The number of hydrogen-bond acceptors (Lipinski definition) is 5. The Labute approximate surface area is 167 Å². The number of piperidine rings is 1. The Morgan fingerprint density at radius 2 is 1.81 bits per heavy atom. The van der Waals surface area contributed by atoms with E-state index in [0.29, 0.717) is 5.92 Å². The first-order valence-electron chi connectivity index (χ1n) is 9.68. The van der Waals surface area contributed by atoms with Crippen LogP contribution < -0.4 is 0 Å². The van der Waals surface area contributed by atoms with Crippen molar-refractivity contribution in [2.24, 2.45) is 16.4 Å². The molecule has 27 heavy (non-hydrogen) atoms. The zero-order valence-corrected chi connectivity index (χ0v) is 17.9. The van der Waals surface area contributed by atoms with Gasteiger partial charge in [-0.05, 0) is 69.3 Å². The average Bonchev–Trinajstić information content (AvgIpc) is 2.62. The molecule has 1 saturated heterocycles. The van der Waals surface area contributed by atoms with Gasteiger partial charge in [-0.2, -0.15) is 0 Å². The van der Waals surface area contributed by atoms with Crippen molar-refractivity contribution in [1.29, 1.82) is 0 Å². The van der Waals surface area contributed by atoms with E-state index in [-0.39, 0.29) is 5.92 Å². The van der Waals surface area contributed by atoms with Crippen LogP contribution in [-0.2, 0) is 16.6 Å². The van der Waals surface area contributed by atoms with Crippen LogP contribution in [0.1, 0.15) is 51.7 Å². The Morgan fingerprint density at radius 3 is 2.26 bits per heavy atom. The fourth-order valence-corrected chi connectivity index (χ4v) is 5.13. The predicted octanol–water partition coefficient (Wildman–Crippen LogP) is 4.74. The summed E-state index contributed by atoms with van der Waals surface area (Å²) >= 11 is 1.04. The normalized spacial score (nSPS) is 20.8. The fourth-order valence-electron chi connectivity index (χ4n) is 4.22. The first kappa shape index (κ1) is 21.9. The molecule has 1 aliphatic heterocycles. The van der Waals surface area contributed by atoms with Gasteiger partial charge >= 0.3 is 5.97 Å². The molecule has 1 heterocycles. The van der Waals surface area contributed by atoms with E-state index in [2.05, 4.69) is 30.4 Å². The molecule has 5 nitrogen and oxygen atoms in total. The summed E-state index contributed by atoms with van der Waals surface area (Å²) < 4.78 is 2.69. The quantitative estimate of drug-likeness (QED) is 0.511. The molecule has 0 amide bonds. The third-order valence-electron chi connectivity index (χ3n) is 6.35. The van der Waals surface area contributed by atoms with Gasteiger partial charge in [0.15, 0.2) is 0 Å². The number of carboxylic acids is 1. The maximum absolute atomic E-state index is 12.5. The van der Waals surface area contributed by atoms with Crippen molar-refractivity contribution in [1.82, 2.24) is 4.90 Å². The van der Waals surface area contributed by atoms with Gasteiger partial charge in [-0.25, -0.2) is 0 Å². The molecule has 0 aromatic heterocycles. The number of rotatable bonds is 8. The molecule has 2 rings (SSSR count). The molecule has 1 aromatic carbocycles. The fraction of sp³-hybridized carbons (Fsp3) is 0.667. The summed E-state index contributed by atoms with van der Waals surface area (Å²) in [7, 11) is 2.05. The van der Waals surface area contributed by atoms with Crippen LogP contribution in [-0.4, -0.2) is 40.9 Å². The molecule has 0 bridgehead atoms. The number of carboxylic acid groups (broad SMARTS) is 1. The van der Waals surface area contributed by atoms with Gasteiger partial charge in [-0.1, -0.05) is 45.0 Å². The zero-order chi connectivity index (χ0) is 20.2. The number of nitrogens with zero attached hydrogens (tertiary/aromatic N) is 2. The highest BCUT2D eigenvalue weighted by Gasteiger charge is 2.53. The number of hydrogen-bond donors (Lipinski definition) is 1. The van der Waals surface area contributed by atoms with E-state index in [4.69, 9.17) is 0 Å². The van der Waals surface area contributed by atoms with Crippen LogP contribution in [0, 0.1) is 16.7 Å². The number of likely N-dealkylation sites (tertiary alicyclic amines) is 1. The minimum Gasteiger partial charge on any atom is -0.481 e. The first-order valence-corrected chi connectivity index (χ1v) is 10.4. The second-order valence-electron chi connectivity index (χ2n) is 8.56. The van der Waals surface area contributed by atoms with Crippen LogP contribution in [0.2, 0.25) is 0 Å². The second kappa shape index (κ2) is 8.74. The monoisotopic (exact) mass is 392 g/mol. The Balaban J connectivity index is 2.40. The topological polar surface area (TPSA) is 70.0 Å². The van der Waals surface area contributed by atoms with E-state index in [0.717, 1.165) is 49.9 Å². The lowest BCUT2D eigenvalue weighted by Crippen LogP contribution is -2.53. The molecule has 150 valence electrons. The second-order valence-corrected chi connectivity index (χ2v) is 9.70. The minimum absolute atomic E-state index is 0.241. The van der Waals surface area contributed by atoms with Crippen LogP contribution in [0.15, 0.2) is 28.8 Å². The lowest BCUT2D eigenvalue weighted by atomic mass is 9.64. The van der Waals surface area contributed by atoms with Crippen molar-refractivity contribution < 1.29 is 9.90 Å². The molecule has 6 heteroatoms. The van der Waals surface area contributed by atoms with Crippen molar-refractivity contribution in [3.05, 3.63) is 40.3 Å². The number of nitroso groups, excluding NO2 is 1. The Morgan fingerprint density at radius 1 is 1.26 bits per heavy atom. The van der Waals surface area contributed by atoms with Crippen molar-refractivity contribution in [2.75, 3.05) is 20.1 Å².